The molecule has 213 valence electrons. The van der Waals surface area contributed by atoms with Crippen LogP contribution in [0.5, 0.6) is 0 Å². The van der Waals surface area contributed by atoms with Crippen molar-refractivity contribution in [3.05, 3.63) is 54.6 Å². The van der Waals surface area contributed by atoms with Crippen LogP contribution in [-0.2, 0) is 20.1 Å². The molecule has 0 spiro atoms. The van der Waals surface area contributed by atoms with Crippen LogP contribution in [0, 0.1) is 41.6 Å². The molecule has 0 saturated heterocycles. The smallest absolute Gasteiger partial charge is 0.0697 e. The number of para-hydroxylation sites is 1. The molecule has 2 aromatic carbocycles. The van der Waals surface area contributed by atoms with Gasteiger partial charge in [0.2, 0.25) is 0 Å². The zero-order valence-corrected chi connectivity index (χ0v) is 26.2. The van der Waals surface area contributed by atoms with Crippen molar-refractivity contribution >= 4 is 21.6 Å². The van der Waals surface area contributed by atoms with Crippen molar-refractivity contribution in [3.63, 3.8) is 0 Å². The molecule has 7 rings (SSSR count). The van der Waals surface area contributed by atoms with E-state index in [1.165, 1.54) is 88.2 Å². The van der Waals surface area contributed by atoms with E-state index < -0.39 is 0 Å². The van der Waals surface area contributed by atoms with Crippen molar-refractivity contribution in [2.45, 2.75) is 95.7 Å². The van der Waals surface area contributed by atoms with Gasteiger partial charge in [0.05, 0.1) is 17.7 Å². The number of benzene rings is 2. The van der Waals surface area contributed by atoms with Gasteiger partial charge in [-0.3, -0.25) is 4.98 Å². The summed E-state index contributed by atoms with van der Waals surface area (Å²) >= 11 is 1.71. The maximum Gasteiger partial charge on any atom is 0.0697 e. The Morgan fingerprint density at radius 1 is 0.667 bits per heavy atom. The minimum absolute atomic E-state index is 0. The summed E-state index contributed by atoms with van der Waals surface area (Å²) in [6.07, 6.45) is 16.5. The van der Waals surface area contributed by atoms with Gasteiger partial charge in [0.1, 0.15) is 0 Å². The number of nitrogens with zero attached hydrogens (tertiary/aromatic N) is 1. The Hall–Kier alpha value is -1.10. The van der Waals surface area contributed by atoms with Gasteiger partial charge in [-0.05, 0) is 67.4 Å². The molecule has 4 unspecified atom stereocenters. The van der Waals surface area contributed by atoms with E-state index in [1.54, 1.807) is 11.3 Å². The fourth-order valence-electron chi connectivity index (χ4n) is 8.54. The standard InChI is InChI=1S/C21H36O2.C13H8NS.Ir/c22-20-17(14-6-1-2-7-14)11-5-10-16-12-13-18(21(23)19(16)20)15-8-3-4-9-15;1-2-6-10(7-3-1)13-14-11-8-4-5-9-12(11)15-13;/h14-23H,1-13H2;1-6,8-9H;/q;-1;/t16?,17-,18+,19?,20?,21?;;/m1../s1. The number of aliphatic hydroxyl groups is 2. The Morgan fingerprint density at radius 3 is 1.92 bits per heavy atom. The zero-order chi connectivity index (χ0) is 25.9. The molecule has 1 heterocycles. The van der Waals surface area contributed by atoms with Crippen LogP contribution in [0.3, 0.4) is 0 Å². The number of thiazole rings is 1. The minimum Gasteiger partial charge on any atom is -0.392 e. The maximum atomic E-state index is 11.3. The molecule has 3 aromatic rings. The quantitative estimate of drug-likeness (QED) is 0.268. The predicted octanol–water partition coefficient (Wildman–Crippen LogP) is 8.29. The van der Waals surface area contributed by atoms with Gasteiger partial charge in [-0.15, -0.1) is 35.9 Å². The number of hydrogen-bond acceptors (Lipinski definition) is 4. The fraction of sp³-hybridized carbons (Fsp3) is 0.618. The Labute approximate surface area is 252 Å². The maximum absolute atomic E-state index is 11.3. The Balaban J connectivity index is 0.000000167. The number of hydrogen-bond donors (Lipinski definition) is 2. The van der Waals surface area contributed by atoms with E-state index >= 15 is 0 Å². The molecule has 4 saturated carbocycles. The normalized spacial score (nSPS) is 31.6. The molecule has 0 aliphatic heterocycles. The molecule has 1 radical (unpaired) electrons. The topological polar surface area (TPSA) is 53.4 Å². The predicted molar refractivity (Wildman–Crippen MR) is 157 cm³/mol. The Morgan fingerprint density at radius 2 is 1.28 bits per heavy atom. The van der Waals surface area contributed by atoms with Crippen LogP contribution < -0.4 is 0 Å². The summed E-state index contributed by atoms with van der Waals surface area (Å²) in [7, 11) is 0. The van der Waals surface area contributed by atoms with Crippen molar-refractivity contribution in [1.29, 1.82) is 0 Å². The SMILES string of the molecule is OC1C2C(CCC[C@@H]1C1CCCC1)CC[C@@H](C1CCCC1)C2O.[Ir].[c-]1ccccc1-c1nc2ccccc2s1. The molecule has 5 heteroatoms. The first-order chi connectivity index (χ1) is 18.7. The van der Waals surface area contributed by atoms with Crippen LogP contribution in [-0.4, -0.2) is 27.4 Å². The van der Waals surface area contributed by atoms with Gasteiger partial charge in [0.25, 0.3) is 0 Å². The second-order valence-electron chi connectivity index (χ2n) is 12.5. The molecule has 39 heavy (non-hydrogen) atoms. The van der Waals surface area contributed by atoms with Gasteiger partial charge in [-0.1, -0.05) is 69.9 Å². The second-order valence-corrected chi connectivity index (χ2v) is 13.5. The Bertz CT molecular complexity index is 1120. The van der Waals surface area contributed by atoms with Gasteiger partial charge in [-0.25, -0.2) is 0 Å². The van der Waals surface area contributed by atoms with Gasteiger partial charge in [-0.2, -0.15) is 11.3 Å². The first-order valence-electron chi connectivity index (χ1n) is 15.4. The second kappa shape index (κ2) is 13.7. The largest absolute Gasteiger partial charge is 0.392 e. The minimum atomic E-state index is -0.232. The summed E-state index contributed by atoms with van der Waals surface area (Å²) in [5.41, 5.74) is 2.13. The summed E-state index contributed by atoms with van der Waals surface area (Å²) in [5.74, 6) is 3.21. The molecule has 0 amide bonds. The number of aliphatic hydroxyl groups excluding tert-OH is 2. The molecule has 6 atom stereocenters. The summed E-state index contributed by atoms with van der Waals surface area (Å²) < 4.78 is 1.23. The van der Waals surface area contributed by atoms with Crippen LogP contribution in [0.1, 0.15) is 83.5 Å². The summed E-state index contributed by atoms with van der Waals surface area (Å²) in [5, 5.41) is 23.5. The Kier molecular flexibility index (Phi) is 10.3. The molecule has 0 bridgehead atoms. The van der Waals surface area contributed by atoms with Crippen LogP contribution in [0.2, 0.25) is 0 Å². The molecule has 1 aromatic heterocycles. The van der Waals surface area contributed by atoms with Crippen LogP contribution in [0.4, 0.5) is 0 Å². The third-order valence-electron chi connectivity index (χ3n) is 10.4. The van der Waals surface area contributed by atoms with Gasteiger partial charge < -0.3 is 10.2 Å². The fourth-order valence-corrected chi connectivity index (χ4v) is 9.49. The van der Waals surface area contributed by atoms with Crippen molar-refractivity contribution in [2.75, 3.05) is 0 Å². The van der Waals surface area contributed by atoms with Crippen molar-refractivity contribution in [1.82, 2.24) is 4.98 Å². The third kappa shape index (κ3) is 6.54. The van der Waals surface area contributed by atoms with E-state index in [0.29, 0.717) is 17.8 Å². The molecule has 4 fully saturated rings. The van der Waals surface area contributed by atoms with Crippen molar-refractivity contribution < 1.29 is 30.3 Å². The molecular weight excluding hydrogens is 679 g/mol. The van der Waals surface area contributed by atoms with E-state index in [-0.39, 0.29) is 38.2 Å². The number of rotatable bonds is 3. The average Bonchev–Trinajstić information content (AvgIpc) is 3.73. The van der Waals surface area contributed by atoms with E-state index in [9.17, 15) is 10.2 Å². The zero-order valence-electron chi connectivity index (χ0n) is 23.0. The summed E-state index contributed by atoms with van der Waals surface area (Å²) in [4.78, 5) is 4.57. The van der Waals surface area contributed by atoms with Crippen molar-refractivity contribution in [2.24, 2.45) is 35.5 Å². The van der Waals surface area contributed by atoms with Crippen LogP contribution >= 0.6 is 11.3 Å². The van der Waals surface area contributed by atoms with E-state index in [4.69, 9.17) is 0 Å². The number of aromatic nitrogens is 1. The van der Waals surface area contributed by atoms with Gasteiger partial charge in [0.15, 0.2) is 0 Å². The first-order valence-corrected chi connectivity index (χ1v) is 16.2. The van der Waals surface area contributed by atoms with Crippen LogP contribution in [0.15, 0.2) is 48.5 Å². The number of fused-ring (bicyclic) bond motifs is 2. The first kappa shape index (κ1) is 29.4. The van der Waals surface area contributed by atoms with E-state index in [2.05, 4.69) is 17.1 Å². The molecule has 4 aliphatic carbocycles. The summed E-state index contributed by atoms with van der Waals surface area (Å²) in [6.45, 7) is 0. The van der Waals surface area contributed by atoms with E-state index in [1.807, 2.05) is 42.5 Å². The monoisotopic (exact) mass is 723 g/mol. The molecule has 3 nitrogen and oxygen atoms in total. The van der Waals surface area contributed by atoms with Crippen molar-refractivity contribution in [3.8, 4) is 10.6 Å². The third-order valence-corrected chi connectivity index (χ3v) is 11.5. The summed E-state index contributed by atoms with van der Waals surface area (Å²) in [6, 6.07) is 19.3. The average molecular weight is 723 g/mol. The molecule has 4 aliphatic rings. The molecular formula is C34H44IrNO2S-. The van der Waals surface area contributed by atoms with Gasteiger partial charge >= 0.3 is 0 Å². The van der Waals surface area contributed by atoms with Crippen LogP contribution in [0.25, 0.3) is 20.8 Å². The van der Waals surface area contributed by atoms with Gasteiger partial charge in [0, 0.05) is 35.7 Å². The van der Waals surface area contributed by atoms with E-state index in [0.717, 1.165) is 27.9 Å². The molecule has 2 N–H and O–H groups in total.